The Labute approximate surface area is 144 Å². The maximum atomic E-state index is 12.3. The molecule has 1 fully saturated rings. The van der Waals surface area contributed by atoms with Crippen molar-refractivity contribution in [2.75, 3.05) is 40.3 Å². The zero-order chi connectivity index (χ0) is 14.4. The molecule has 1 aromatic rings. The van der Waals surface area contributed by atoms with Crippen LogP contribution in [-0.4, -0.2) is 57.2 Å². The predicted octanol–water partition coefficient (Wildman–Crippen LogP) is 1.56. The van der Waals surface area contributed by atoms with Gasteiger partial charge in [-0.1, -0.05) is 12.1 Å². The number of benzene rings is 1. The summed E-state index contributed by atoms with van der Waals surface area (Å²) in [5.74, 6) is 0.594. The zero-order valence-corrected chi connectivity index (χ0v) is 14.6. The van der Waals surface area contributed by atoms with Gasteiger partial charge in [0.05, 0.1) is 5.56 Å². The average Bonchev–Trinajstić information content (AvgIpc) is 2.91. The van der Waals surface area contributed by atoms with Crippen LogP contribution >= 0.6 is 24.8 Å². The van der Waals surface area contributed by atoms with Crippen LogP contribution in [0, 0.1) is 0 Å². The minimum absolute atomic E-state index is 0. The van der Waals surface area contributed by atoms with Crippen molar-refractivity contribution in [3.63, 3.8) is 0 Å². The van der Waals surface area contributed by atoms with Gasteiger partial charge in [0.1, 0.15) is 12.4 Å². The fourth-order valence-corrected chi connectivity index (χ4v) is 2.16. The molecule has 0 bridgehead atoms. The first-order valence-corrected chi connectivity index (χ1v) is 7.05. The fourth-order valence-electron chi connectivity index (χ4n) is 2.16. The molecule has 1 amide bonds. The first kappa shape index (κ1) is 21.0. The van der Waals surface area contributed by atoms with Gasteiger partial charge in [0, 0.05) is 19.1 Å². The van der Waals surface area contributed by atoms with Crippen molar-refractivity contribution in [2.45, 2.75) is 12.5 Å². The monoisotopic (exact) mass is 349 g/mol. The van der Waals surface area contributed by atoms with E-state index in [0.717, 1.165) is 26.1 Å². The summed E-state index contributed by atoms with van der Waals surface area (Å²) in [6, 6.07) is 7.62. The number of rotatable bonds is 6. The molecule has 1 atom stereocenters. The topological polar surface area (TPSA) is 53.6 Å². The maximum absolute atomic E-state index is 12.3. The van der Waals surface area contributed by atoms with E-state index in [0.29, 0.717) is 17.9 Å². The average molecular weight is 350 g/mol. The summed E-state index contributed by atoms with van der Waals surface area (Å²) in [5.41, 5.74) is 0.609. The molecule has 0 spiro atoms. The van der Waals surface area contributed by atoms with E-state index in [-0.39, 0.29) is 36.8 Å². The van der Waals surface area contributed by atoms with Gasteiger partial charge in [-0.25, -0.2) is 0 Å². The number of para-hydroxylation sites is 1. The van der Waals surface area contributed by atoms with E-state index in [4.69, 9.17) is 4.74 Å². The Morgan fingerprint density at radius 3 is 2.73 bits per heavy atom. The molecule has 2 N–H and O–H groups in total. The van der Waals surface area contributed by atoms with Gasteiger partial charge in [0.25, 0.3) is 5.91 Å². The standard InChI is InChI=1S/C15H23N3O2.2ClH/c1-18(2)9-10-20-14-6-4-3-5-13(14)15(19)17-12-7-8-16-11-12;;/h3-6,12,16H,7-11H2,1-2H3,(H,17,19);2*1H. The number of amides is 1. The molecular formula is C15H25Cl2N3O2. The number of hydrogen-bond donors (Lipinski definition) is 2. The van der Waals surface area contributed by atoms with Gasteiger partial charge in [-0.2, -0.15) is 0 Å². The van der Waals surface area contributed by atoms with Crippen LogP contribution in [0.1, 0.15) is 16.8 Å². The van der Waals surface area contributed by atoms with Crippen molar-refractivity contribution in [2.24, 2.45) is 0 Å². The highest BCUT2D eigenvalue weighted by Crippen LogP contribution is 2.18. The van der Waals surface area contributed by atoms with E-state index in [9.17, 15) is 4.79 Å². The van der Waals surface area contributed by atoms with E-state index in [1.165, 1.54) is 0 Å². The van der Waals surface area contributed by atoms with Crippen LogP contribution in [0.3, 0.4) is 0 Å². The maximum Gasteiger partial charge on any atom is 0.255 e. The van der Waals surface area contributed by atoms with Gasteiger partial charge < -0.3 is 20.3 Å². The molecule has 22 heavy (non-hydrogen) atoms. The molecular weight excluding hydrogens is 325 g/mol. The second-order valence-electron chi connectivity index (χ2n) is 5.31. The quantitative estimate of drug-likeness (QED) is 0.818. The first-order valence-electron chi connectivity index (χ1n) is 7.05. The van der Waals surface area contributed by atoms with Crippen LogP contribution < -0.4 is 15.4 Å². The number of carbonyl (C=O) groups is 1. The number of ether oxygens (including phenoxy) is 1. The van der Waals surface area contributed by atoms with E-state index in [1.54, 1.807) is 0 Å². The van der Waals surface area contributed by atoms with Crippen LogP contribution in [0.4, 0.5) is 0 Å². The number of nitrogens with one attached hydrogen (secondary N) is 2. The second kappa shape index (κ2) is 10.7. The number of nitrogens with zero attached hydrogens (tertiary/aromatic N) is 1. The number of halogens is 2. The molecule has 1 heterocycles. The third kappa shape index (κ3) is 6.40. The van der Waals surface area contributed by atoms with Crippen LogP contribution in [0.25, 0.3) is 0 Å². The van der Waals surface area contributed by atoms with Crippen molar-refractivity contribution in [3.05, 3.63) is 29.8 Å². The summed E-state index contributed by atoms with van der Waals surface area (Å²) in [7, 11) is 3.99. The van der Waals surface area contributed by atoms with Crippen molar-refractivity contribution < 1.29 is 9.53 Å². The molecule has 1 aliphatic rings. The SMILES string of the molecule is CN(C)CCOc1ccccc1C(=O)NC1CCNC1.Cl.Cl. The Morgan fingerprint density at radius 1 is 1.36 bits per heavy atom. The van der Waals surface area contributed by atoms with Gasteiger partial charge in [0.15, 0.2) is 0 Å². The van der Waals surface area contributed by atoms with E-state index < -0.39 is 0 Å². The lowest BCUT2D eigenvalue weighted by atomic mass is 10.1. The largest absolute Gasteiger partial charge is 0.491 e. The zero-order valence-electron chi connectivity index (χ0n) is 13.0. The molecule has 7 heteroatoms. The van der Waals surface area contributed by atoms with Crippen molar-refractivity contribution in [1.29, 1.82) is 0 Å². The lowest BCUT2D eigenvalue weighted by Gasteiger charge is -2.15. The van der Waals surface area contributed by atoms with Gasteiger partial charge in [-0.3, -0.25) is 4.79 Å². The summed E-state index contributed by atoms with van der Waals surface area (Å²) in [4.78, 5) is 14.3. The molecule has 1 aromatic carbocycles. The molecule has 1 saturated heterocycles. The molecule has 0 aromatic heterocycles. The molecule has 5 nitrogen and oxygen atoms in total. The fraction of sp³-hybridized carbons (Fsp3) is 0.533. The van der Waals surface area contributed by atoms with Gasteiger partial charge in [-0.05, 0) is 39.2 Å². The minimum Gasteiger partial charge on any atom is -0.491 e. The molecule has 0 radical (unpaired) electrons. The van der Waals surface area contributed by atoms with Crippen molar-refractivity contribution in [1.82, 2.24) is 15.5 Å². The summed E-state index contributed by atoms with van der Waals surface area (Å²) in [6.07, 6.45) is 0.982. The highest BCUT2D eigenvalue weighted by Gasteiger charge is 2.19. The van der Waals surface area contributed by atoms with Crippen molar-refractivity contribution >= 4 is 30.7 Å². The lowest BCUT2D eigenvalue weighted by molar-refractivity contribution is 0.0935. The number of carbonyl (C=O) groups excluding carboxylic acids is 1. The third-order valence-corrected chi connectivity index (χ3v) is 3.32. The van der Waals surface area contributed by atoms with Crippen LogP contribution in [0.5, 0.6) is 5.75 Å². The van der Waals surface area contributed by atoms with Crippen molar-refractivity contribution in [3.8, 4) is 5.75 Å². The Hall–Kier alpha value is -1.01. The molecule has 0 saturated carbocycles. The van der Waals surface area contributed by atoms with Crippen LogP contribution in [0.15, 0.2) is 24.3 Å². The first-order chi connectivity index (χ1) is 9.66. The summed E-state index contributed by atoms with van der Waals surface area (Å²) >= 11 is 0. The molecule has 1 aliphatic heterocycles. The normalized spacial score (nSPS) is 16.6. The minimum atomic E-state index is -0.0563. The van der Waals surface area contributed by atoms with E-state index >= 15 is 0 Å². The van der Waals surface area contributed by atoms with Gasteiger partial charge in [0.2, 0.25) is 0 Å². The van der Waals surface area contributed by atoms with E-state index in [1.807, 2.05) is 43.3 Å². The Balaban J connectivity index is 0.00000220. The molecule has 2 rings (SSSR count). The molecule has 1 unspecified atom stereocenters. The summed E-state index contributed by atoms with van der Waals surface area (Å²) < 4.78 is 5.72. The summed E-state index contributed by atoms with van der Waals surface area (Å²) in [6.45, 7) is 3.20. The van der Waals surface area contributed by atoms with E-state index in [2.05, 4.69) is 10.6 Å². The van der Waals surface area contributed by atoms with Gasteiger partial charge in [-0.15, -0.1) is 24.8 Å². The Bertz CT molecular complexity index is 452. The van der Waals surface area contributed by atoms with Gasteiger partial charge >= 0.3 is 0 Å². The third-order valence-electron chi connectivity index (χ3n) is 3.32. The molecule has 126 valence electrons. The van der Waals surface area contributed by atoms with Crippen LogP contribution in [0.2, 0.25) is 0 Å². The Morgan fingerprint density at radius 2 is 2.09 bits per heavy atom. The predicted molar refractivity (Wildman–Crippen MR) is 93.7 cm³/mol. The number of hydrogen-bond acceptors (Lipinski definition) is 4. The molecule has 0 aliphatic carbocycles. The van der Waals surface area contributed by atoms with Crippen LogP contribution in [-0.2, 0) is 0 Å². The lowest BCUT2D eigenvalue weighted by Crippen LogP contribution is -2.36. The summed E-state index contributed by atoms with van der Waals surface area (Å²) in [5, 5.41) is 6.28. The Kier molecular flexibility index (Phi) is 10.2. The highest BCUT2D eigenvalue weighted by molar-refractivity contribution is 5.97. The number of likely N-dealkylation sites (N-methyl/N-ethyl adjacent to an activating group) is 1. The second-order valence-corrected chi connectivity index (χ2v) is 5.31. The highest BCUT2D eigenvalue weighted by atomic mass is 35.5. The smallest absolute Gasteiger partial charge is 0.255 e.